The number of aromatic hydroxyl groups is 1. The minimum atomic E-state index is -4.33. The van der Waals surface area contributed by atoms with Crippen molar-refractivity contribution in [3.05, 3.63) is 113 Å². The van der Waals surface area contributed by atoms with Gasteiger partial charge in [0.2, 0.25) is 5.91 Å². The maximum Gasteiger partial charge on any atom is 0.294 e. The van der Waals surface area contributed by atoms with Crippen molar-refractivity contribution in [3.63, 3.8) is 0 Å². The van der Waals surface area contributed by atoms with Crippen LogP contribution in [0.15, 0.2) is 102 Å². The van der Waals surface area contributed by atoms with Crippen LogP contribution in [0.3, 0.4) is 0 Å². The van der Waals surface area contributed by atoms with E-state index in [9.17, 15) is 28.0 Å². The van der Waals surface area contributed by atoms with Crippen molar-refractivity contribution in [3.8, 4) is 16.9 Å². The third kappa shape index (κ3) is 5.55. The van der Waals surface area contributed by atoms with E-state index in [0.29, 0.717) is 34.6 Å². The van der Waals surface area contributed by atoms with Crippen molar-refractivity contribution in [2.24, 2.45) is 5.92 Å². The van der Waals surface area contributed by atoms with Gasteiger partial charge in [-0.15, -0.1) is 0 Å². The van der Waals surface area contributed by atoms with Crippen LogP contribution in [0.25, 0.3) is 11.1 Å². The number of phenolic OH excluding ortho intramolecular Hbond substituents is 1. The van der Waals surface area contributed by atoms with Crippen LogP contribution in [0.1, 0.15) is 36.1 Å². The second-order valence-corrected chi connectivity index (χ2v) is 11.4. The Hall–Kier alpha value is -3.69. The molecule has 0 aromatic heterocycles. The van der Waals surface area contributed by atoms with E-state index in [2.05, 4.69) is 0 Å². The largest absolute Gasteiger partial charge is 0.507 e. The fourth-order valence-electron chi connectivity index (χ4n) is 5.09. The molecule has 9 heteroatoms. The van der Waals surface area contributed by atoms with Gasteiger partial charge in [-0.3, -0.25) is 9.35 Å². The van der Waals surface area contributed by atoms with Crippen molar-refractivity contribution >= 4 is 33.3 Å². The number of nitrogens with zero attached hydrogens (tertiary/aromatic N) is 1. The molecule has 3 atom stereocenters. The molecule has 1 saturated heterocycles. The van der Waals surface area contributed by atoms with Crippen molar-refractivity contribution in [2.45, 2.75) is 29.9 Å². The molecule has 4 aromatic rings. The Balaban J connectivity index is 1.42. The van der Waals surface area contributed by atoms with Gasteiger partial charge in [-0.2, -0.15) is 8.42 Å². The fourth-order valence-corrected chi connectivity index (χ4v) is 5.77. The third-order valence-electron chi connectivity index (χ3n) is 7.06. The lowest BCUT2D eigenvalue weighted by atomic mass is 9.78. The summed E-state index contributed by atoms with van der Waals surface area (Å²) in [7, 11) is -4.33. The molecule has 3 unspecified atom stereocenters. The van der Waals surface area contributed by atoms with E-state index in [0.717, 1.165) is 11.3 Å². The highest BCUT2D eigenvalue weighted by atomic mass is 35.5. The topological polar surface area (TPSA) is 115 Å². The van der Waals surface area contributed by atoms with Gasteiger partial charge < -0.3 is 15.1 Å². The van der Waals surface area contributed by atoms with Crippen molar-refractivity contribution < 1.29 is 28.0 Å². The summed E-state index contributed by atoms with van der Waals surface area (Å²) in [5.74, 6) is -0.496. The van der Waals surface area contributed by atoms with Crippen LogP contribution in [0.4, 0.5) is 5.69 Å². The summed E-state index contributed by atoms with van der Waals surface area (Å²) in [5.41, 5.74) is 3.20. The Labute approximate surface area is 231 Å². The molecular formula is C30H26ClNO6S. The first kappa shape index (κ1) is 26.9. The first-order chi connectivity index (χ1) is 18.6. The van der Waals surface area contributed by atoms with Gasteiger partial charge in [-0.05, 0) is 72.0 Å². The van der Waals surface area contributed by atoms with Crippen LogP contribution in [0, 0.1) is 5.92 Å². The Kier molecular flexibility index (Phi) is 7.46. The average Bonchev–Trinajstić information content (AvgIpc) is 2.91. The third-order valence-corrected chi connectivity index (χ3v) is 8.16. The van der Waals surface area contributed by atoms with Crippen LogP contribution in [-0.4, -0.2) is 29.1 Å². The Bertz CT molecular complexity index is 1610. The lowest BCUT2D eigenvalue weighted by molar-refractivity contribution is -0.131. The number of aliphatic hydroxyl groups is 1. The molecular weight excluding hydrogens is 538 g/mol. The standard InChI is InChI=1S/C30H26ClNO6S/c31-22-6-4-5-20(17-22)27(33)16-15-26-29(32(30(26)35)23-7-2-1-3-8-23)21-11-14-25(28(34)18-21)19-9-12-24(13-10-19)39(36,37)38/h1-14,17-18,26-27,29,33-34H,15-16H2,(H,36,37,38). The molecule has 0 bridgehead atoms. The number of phenols is 1. The molecule has 1 heterocycles. The molecule has 7 nitrogen and oxygen atoms in total. The monoisotopic (exact) mass is 563 g/mol. The molecule has 0 spiro atoms. The van der Waals surface area contributed by atoms with E-state index in [1.54, 1.807) is 41.3 Å². The number of hydrogen-bond donors (Lipinski definition) is 3. The van der Waals surface area contributed by atoms with Crippen molar-refractivity contribution in [2.75, 3.05) is 4.90 Å². The van der Waals surface area contributed by atoms with Crippen LogP contribution >= 0.6 is 11.6 Å². The molecule has 4 aromatic carbocycles. The van der Waals surface area contributed by atoms with E-state index in [1.807, 2.05) is 36.4 Å². The van der Waals surface area contributed by atoms with Crippen molar-refractivity contribution in [1.29, 1.82) is 0 Å². The summed E-state index contributed by atoms with van der Waals surface area (Å²) in [5, 5.41) is 22.2. The Morgan fingerprint density at radius 2 is 1.62 bits per heavy atom. The van der Waals surface area contributed by atoms with E-state index < -0.39 is 22.1 Å². The summed E-state index contributed by atoms with van der Waals surface area (Å²) in [6.07, 6.45) is 0.0182. The zero-order chi connectivity index (χ0) is 27.7. The molecule has 3 N–H and O–H groups in total. The molecule has 200 valence electrons. The van der Waals surface area contributed by atoms with Gasteiger partial charge in [0.05, 0.1) is 23.0 Å². The van der Waals surface area contributed by atoms with Crippen LogP contribution in [-0.2, 0) is 14.9 Å². The first-order valence-corrected chi connectivity index (χ1v) is 14.2. The number of carbonyl (C=O) groups excluding carboxylic acids is 1. The quantitative estimate of drug-likeness (QED) is 0.174. The average molecular weight is 564 g/mol. The maximum atomic E-state index is 13.3. The number of carbonyl (C=O) groups is 1. The van der Waals surface area contributed by atoms with E-state index >= 15 is 0 Å². The SMILES string of the molecule is O=C1C(CCC(O)c2cccc(Cl)c2)C(c2ccc(-c3ccc(S(=O)(=O)O)cc3)c(O)c2)N1c1ccccc1. The van der Waals surface area contributed by atoms with Gasteiger partial charge in [-0.25, -0.2) is 0 Å². The van der Waals surface area contributed by atoms with Gasteiger partial charge in [0, 0.05) is 16.3 Å². The molecule has 0 saturated carbocycles. The number of amides is 1. The number of hydrogen-bond acceptors (Lipinski definition) is 5. The zero-order valence-corrected chi connectivity index (χ0v) is 22.3. The predicted molar refractivity (Wildman–Crippen MR) is 149 cm³/mol. The number of benzene rings is 4. The van der Waals surface area contributed by atoms with E-state index in [-0.39, 0.29) is 22.6 Å². The fraction of sp³-hybridized carbons (Fsp3) is 0.167. The molecule has 39 heavy (non-hydrogen) atoms. The second kappa shape index (κ2) is 10.8. The normalized spacial score (nSPS) is 18.0. The zero-order valence-electron chi connectivity index (χ0n) is 20.7. The Morgan fingerprint density at radius 3 is 2.26 bits per heavy atom. The number of aliphatic hydroxyl groups excluding tert-OH is 1. The summed E-state index contributed by atoms with van der Waals surface area (Å²) in [6, 6.07) is 26.6. The van der Waals surface area contributed by atoms with E-state index in [1.165, 1.54) is 24.3 Å². The number of β-lactam (4-membered cyclic amide) rings is 1. The lowest BCUT2D eigenvalue weighted by Crippen LogP contribution is -2.55. The van der Waals surface area contributed by atoms with Gasteiger partial charge in [0.1, 0.15) is 5.75 Å². The second-order valence-electron chi connectivity index (χ2n) is 9.52. The molecule has 0 radical (unpaired) electrons. The number of rotatable bonds is 8. The van der Waals surface area contributed by atoms with Gasteiger partial charge in [0.15, 0.2) is 0 Å². The minimum Gasteiger partial charge on any atom is -0.507 e. The molecule has 5 rings (SSSR count). The molecule has 0 aliphatic carbocycles. The summed E-state index contributed by atoms with van der Waals surface area (Å²) in [4.78, 5) is 14.8. The van der Waals surface area contributed by atoms with E-state index in [4.69, 9.17) is 11.6 Å². The summed E-state index contributed by atoms with van der Waals surface area (Å²) < 4.78 is 31.9. The number of para-hydroxylation sites is 1. The highest BCUT2D eigenvalue weighted by molar-refractivity contribution is 7.85. The molecule has 1 aliphatic heterocycles. The van der Waals surface area contributed by atoms with Crippen LogP contribution in [0.5, 0.6) is 5.75 Å². The highest BCUT2D eigenvalue weighted by Crippen LogP contribution is 2.47. The molecule has 1 fully saturated rings. The summed E-state index contributed by atoms with van der Waals surface area (Å²) >= 11 is 6.07. The maximum absolute atomic E-state index is 13.3. The van der Waals surface area contributed by atoms with Gasteiger partial charge in [-0.1, -0.05) is 66.2 Å². The van der Waals surface area contributed by atoms with Crippen LogP contribution < -0.4 is 4.90 Å². The lowest BCUT2D eigenvalue weighted by Gasteiger charge is -2.48. The smallest absolute Gasteiger partial charge is 0.294 e. The summed E-state index contributed by atoms with van der Waals surface area (Å²) in [6.45, 7) is 0. The number of anilines is 1. The Morgan fingerprint density at radius 1 is 0.897 bits per heavy atom. The highest BCUT2D eigenvalue weighted by Gasteiger charge is 2.48. The van der Waals surface area contributed by atoms with Gasteiger partial charge >= 0.3 is 0 Å². The molecule has 1 aliphatic rings. The molecule has 1 amide bonds. The minimum absolute atomic E-state index is 0.0304. The first-order valence-electron chi connectivity index (χ1n) is 12.4. The van der Waals surface area contributed by atoms with Crippen LogP contribution in [0.2, 0.25) is 5.02 Å². The van der Waals surface area contributed by atoms with Crippen molar-refractivity contribution in [1.82, 2.24) is 0 Å². The predicted octanol–water partition coefficient (Wildman–Crippen LogP) is 6.18. The van der Waals surface area contributed by atoms with Gasteiger partial charge in [0.25, 0.3) is 10.1 Å². The number of halogens is 1.